The molecular formula is C16H24N4O4S6. The molecule has 2 aromatic heterocycles. The van der Waals surface area contributed by atoms with E-state index in [0.717, 1.165) is 40.4 Å². The molecule has 4 bridgehead atoms. The summed E-state index contributed by atoms with van der Waals surface area (Å²) < 4.78 is 26.4. The topological polar surface area (TPSA) is 88.5 Å². The summed E-state index contributed by atoms with van der Waals surface area (Å²) in [7, 11) is 0. The molecule has 14 heteroatoms. The molecule has 0 aliphatic carbocycles. The molecule has 0 aromatic carbocycles. The predicted octanol–water partition coefficient (Wildman–Crippen LogP) is 3.54. The van der Waals surface area contributed by atoms with Crippen LogP contribution < -0.4 is 0 Å². The molecule has 3 heterocycles. The van der Waals surface area contributed by atoms with Crippen LogP contribution in [0.3, 0.4) is 0 Å². The number of fused-ring (bicyclic) bond motifs is 4. The van der Waals surface area contributed by atoms with E-state index in [1.807, 2.05) is 0 Å². The number of aromatic nitrogens is 4. The van der Waals surface area contributed by atoms with Gasteiger partial charge in [0.2, 0.25) is 0 Å². The van der Waals surface area contributed by atoms with Crippen molar-refractivity contribution in [3.8, 4) is 0 Å². The Morgan fingerprint density at radius 1 is 0.400 bits per heavy atom. The van der Waals surface area contributed by atoms with Gasteiger partial charge in [-0.2, -0.15) is 0 Å². The van der Waals surface area contributed by atoms with Gasteiger partial charge in [-0.25, -0.2) is 0 Å². The average molecular weight is 529 g/mol. The van der Waals surface area contributed by atoms with Crippen molar-refractivity contribution >= 4 is 69.7 Å². The molecule has 1 aliphatic rings. The maximum absolute atomic E-state index is 5.61. The molecule has 30 heavy (non-hydrogen) atoms. The van der Waals surface area contributed by atoms with E-state index in [0.29, 0.717) is 52.9 Å². The van der Waals surface area contributed by atoms with E-state index in [2.05, 4.69) is 20.4 Å². The summed E-state index contributed by atoms with van der Waals surface area (Å²) >= 11 is 9.93. The number of hydrogen-bond donors (Lipinski definition) is 0. The molecule has 0 saturated heterocycles. The second-order valence-electron chi connectivity index (χ2n) is 5.51. The largest absolute Gasteiger partial charge is 0.378 e. The number of thioether (sulfide) groups is 4. The van der Waals surface area contributed by atoms with Crippen LogP contribution in [0.25, 0.3) is 0 Å². The Hall–Kier alpha value is 0.360. The lowest BCUT2D eigenvalue weighted by molar-refractivity contribution is 0.0605. The lowest BCUT2D eigenvalue weighted by Gasteiger charge is -2.05. The van der Waals surface area contributed by atoms with E-state index >= 15 is 0 Å². The van der Waals surface area contributed by atoms with E-state index in [-0.39, 0.29) is 0 Å². The van der Waals surface area contributed by atoms with Gasteiger partial charge in [-0.3, -0.25) is 0 Å². The Labute approximate surface area is 201 Å². The van der Waals surface area contributed by atoms with Crippen molar-refractivity contribution in [3.05, 3.63) is 0 Å². The van der Waals surface area contributed by atoms with Crippen LogP contribution >= 0.6 is 69.7 Å². The molecule has 0 unspecified atom stereocenters. The highest BCUT2D eigenvalue weighted by Gasteiger charge is 2.07. The van der Waals surface area contributed by atoms with Gasteiger partial charge in [-0.05, 0) is 0 Å². The molecule has 168 valence electrons. The fourth-order valence-corrected chi connectivity index (χ4v) is 7.75. The molecular weight excluding hydrogens is 505 g/mol. The van der Waals surface area contributed by atoms with Gasteiger partial charge >= 0.3 is 0 Å². The van der Waals surface area contributed by atoms with Crippen LogP contribution in [0.2, 0.25) is 0 Å². The molecule has 0 radical (unpaired) electrons. The van der Waals surface area contributed by atoms with E-state index in [1.54, 1.807) is 69.7 Å². The minimum Gasteiger partial charge on any atom is -0.378 e. The lowest BCUT2D eigenvalue weighted by Crippen LogP contribution is -2.08. The molecule has 0 amide bonds. The van der Waals surface area contributed by atoms with E-state index in [9.17, 15) is 0 Å². The SMILES string of the molecule is C1COCCSc2nnc(s2)SCCOCCOCCSc2nnc(s2)SCCO1. The molecule has 0 atom stereocenters. The van der Waals surface area contributed by atoms with Crippen LogP contribution in [0, 0.1) is 0 Å². The van der Waals surface area contributed by atoms with Crippen LogP contribution in [-0.4, -0.2) is 96.3 Å². The van der Waals surface area contributed by atoms with Crippen LogP contribution in [0.5, 0.6) is 0 Å². The van der Waals surface area contributed by atoms with Crippen molar-refractivity contribution < 1.29 is 18.9 Å². The van der Waals surface area contributed by atoms with E-state index in [4.69, 9.17) is 18.9 Å². The van der Waals surface area contributed by atoms with Gasteiger partial charge in [0, 0.05) is 23.0 Å². The quantitative estimate of drug-likeness (QED) is 0.501. The summed E-state index contributed by atoms with van der Waals surface area (Å²) in [4.78, 5) is 0. The molecule has 8 nitrogen and oxygen atoms in total. The second-order valence-corrected chi connectivity index (χ2v) is 12.8. The lowest BCUT2D eigenvalue weighted by atomic mass is 10.7. The summed E-state index contributed by atoms with van der Waals surface area (Å²) in [5.41, 5.74) is 0. The Kier molecular flexibility index (Phi) is 13.4. The maximum atomic E-state index is 5.61. The van der Waals surface area contributed by atoms with Crippen LogP contribution in [0.15, 0.2) is 17.4 Å². The number of ether oxygens (including phenoxy) is 4. The summed E-state index contributed by atoms with van der Waals surface area (Å²) in [5.74, 6) is 3.43. The van der Waals surface area contributed by atoms with Gasteiger partial charge in [0.25, 0.3) is 0 Å². The van der Waals surface area contributed by atoms with Crippen molar-refractivity contribution in [2.75, 3.05) is 75.9 Å². The molecule has 0 N–H and O–H groups in total. The highest BCUT2D eigenvalue weighted by molar-refractivity contribution is 8.03. The van der Waals surface area contributed by atoms with Crippen LogP contribution in [0.1, 0.15) is 0 Å². The molecule has 0 saturated carbocycles. The molecule has 0 fully saturated rings. The van der Waals surface area contributed by atoms with Gasteiger partial charge in [-0.1, -0.05) is 69.7 Å². The fourth-order valence-electron chi connectivity index (χ4n) is 2.02. The van der Waals surface area contributed by atoms with Gasteiger partial charge in [0.05, 0.1) is 52.9 Å². The zero-order valence-corrected chi connectivity index (χ0v) is 21.3. The zero-order valence-electron chi connectivity index (χ0n) is 16.4. The molecule has 1 aliphatic heterocycles. The Morgan fingerprint density at radius 3 is 0.933 bits per heavy atom. The third-order valence-corrected chi connectivity index (χ3v) is 9.57. The summed E-state index contributed by atoms with van der Waals surface area (Å²) in [6, 6.07) is 0. The highest BCUT2D eigenvalue weighted by Crippen LogP contribution is 2.29. The summed E-state index contributed by atoms with van der Waals surface area (Å²) in [6.07, 6.45) is 0. The maximum Gasteiger partial charge on any atom is 0.175 e. The van der Waals surface area contributed by atoms with Crippen LogP contribution in [-0.2, 0) is 18.9 Å². The number of nitrogens with zero attached hydrogens (tertiary/aromatic N) is 4. The Bertz CT molecular complexity index is 596. The van der Waals surface area contributed by atoms with Crippen molar-refractivity contribution in [3.63, 3.8) is 0 Å². The normalized spacial score (nSPS) is 20.0. The van der Waals surface area contributed by atoms with Gasteiger partial charge < -0.3 is 18.9 Å². The smallest absolute Gasteiger partial charge is 0.175 e. The van der Waals surface area contributed by atoms with Gasteiger partial charge in [0.15, 0.2) is 17.4 Å². The number of hydrogen-bond acceptors (Lipinski definition) is 14. The summed E-state index contributed by atoms with van der Waals surface area (Å²) in [5, 5.41) is 16.9. The standard InChI is InChI=1S/C16H24N4O4S6/c1-2-22-6-10-26-14-18-20-16(30-14)28-12-8-24-4-3-23-7-11-27-15-19-17-13(29-15)25-9-5-21-1/h1-12H2. The van der Waals surface area contributed by atoms with Crippen molar-refractivity contribution in [2.45, 2.75) is 17.4 Å². The molecule has 0 spiro atoms. The van der Waals surface area contributed by atoms with Crippen molar-refractivity contribution in [1.29, 1.82) is 0 Å². The monoisotopic (exact) mass is 528 g/mol. The van der Waals surface area contributed by atoms with E-state index in [1.165, 1.54) is 0 Å². The van der Waals surface area contributed by atoms with Crippen LogP contribution in [0.4, 0.5) is 0 Å². The van der Waals surface area contributed by atoms with Crippen molar-refractivity contribution in [1.82, 2.24) is 20.4 Å². The highest BCUT2D eigenvalue weighted by atomic mass is 32.2. The third kappa shape index (κ3) is 10.8. The van der Waals surface area contributed by atoms with Gasteiger partial charge in [0.1, 0.15) is 0 Å². The van der Waals surface area contributed by atoms with E-state index < -0.39 is 0 Å². The first-order chi connectivity index (χ1) is 14.9. The number of rotatable bonds is 0. The second kappa shape index (κ2) is 16.0. The minimum atomic E-state index is 0.601. The average Bonchev–Trinajstić information content (AvgIpc) is 3.39. The fraction of sp³-hybridized carbons (Fsp3) is 0.750. The Balaban J connectivity index is 1.37. The summed E-state index contributed by atoms with van der Waals surface area (Å²) in [6.45, 7) is 5.10. The molecule has 3 rings (SSSR count). The first-order valence-corrected chi connectivity index (χ1v) is 15.0. The molecule has 2 aromatic rings. The van der Waals surface area contributed by atoms with Crippen molar-refractivity contribution in [2.24, 2.45) is 0 Å². The third-order valence-electron chi connectivity index (χ3n) is 3.33. The first-order valence-electron chi connectivity index (χ1n) is 9.39. The predicted molar refractivity (Wildman–Crippen MR) is 126 cm³/mol. The Morgan fingerprint density at radius 2 is 0.667 bits per heavy atom. The minimum absolute atomic E-state index is 0.601. The first kappa shape index (κ1) is 25.0. The zero-order chi connectivity index (χ0) is 20.7. The van der Waals surface area contributed by atoms with Gasteiger partial charge in [-0.15, -0.1) is 20.4 Å².